The zero-order valence-corrected chi connectivity index (χ0v) is 9.31. The number of aliphatic imine (C=N–C) groups is 1. The Morgan fingerprint density at radius 3 is 3.12 bits per heavy atom. The number of guanidine groups is 1. The van der Waals surface area contributed by atoms with Crippen LogP contribution in [-0.4, -0.2) is 24.1 Å². The van der Waals surface area contributed by atoms with E-state index in [4.69, 9.17) is 10.5 Å². The van der Waals surface area contributed by atoms with Crippen LogP contribution in [0, 0.1) is 0 Å². The third-order valence-electron chi connectivity index (χ3n) is 2.33. The number of rotatable bonds is 4. The van der Waals surface area contributed by atoms with Gasteiger partial charge < -0.3 is 15.8 Å². The van der Waals surface area contributed by atoms with Gasteiger partial charge in [-0.1, -0.05) is 6.07 Å². The van der Waals surface area contributed by atoms with Gasteiger partial charge in [-0.25, -0.2) is 9.98 Å². The number of nitrogens with two attached hydrogens (primary N) is 1. The topological polar surface area (TPSA) is 72.5 Å². The van der Waals surface area contributed by atoms with Crippen LogP contribution in [0.2, 0.25) is 0 Å². The lowest BCUT2D eigenvalue weighted by Gasteiger charge is -2.03. The van der Waals surface area contributed by atoms with Crippen LogP contribution in [0.3, 0.4) is 0 Å². The van der Waals surface area contributed by atoms with Gasteiger partial charge in [-0.05, 0) is 18.9 Å². The monoisotopic (exact) mass is 220 g/mol. The van der Waals surface area contributed by atoms with Crippen LogP contribution >= 0.6 is 0 Å². The Morgan fingerprint density at radius 1 is 1.62 bits per heavy atom. The second-order valence-corrected chi connectivity index (χ2v) is 3.79. The molecule has 2 rings (SSSR count). The summed E-state index contributed by atoms with van der Waals surface area (Å²) in [6.45, 7) is 0.475. The van der Waals surface area contributed by atoms with Gasteiger partial charge in [-0.2, -0.15) is 0 Å². The molecule has 5 nitrogen and oxygen atoms in total. The number of hydrogen-bond acceptors (Lipinski definition) is 3. The summed E-state index contributed by atoms with van der Waals surface area (Å²) in [6, 6.07) is 6.12. The molecule has 0 atom stereocenters. The minimum atomic E-state index is 0.475. The van der Waals surface area contributed by atoms with Crippen molar-refractivity contribution in [3.8, 4) is 5.88 Å². The molecule has 1 aromatic heterocycles. The largest absolute Gasteiger partial charge is 0.481 e. The number of hydrogen-bond donors (Lipinski definition) is 2. The van der Waals surface area contributed by atoms with Crippen LogP contribution in [0.4, 0.5) is 0 Å². The Labute approximate surface area is 94.7 Å². The van der Waals surface area contributed by atoms with Gasteiger partial charge in [0.25, 0.3) is 0 Å². The van der Waals surface area contributed by atoms with E-state index in [1.807, 2.05) is 12.1 Å². The van der Waals surface area contributed by atoms with E-state index in [1.54, 1.807) is 13.2 Å². The lowest BCUT2D eigenvalue weighted by Crippen LogP contribution is -2.33. The van der Waals surface area contributed by atoms with Gasteiger partial charge >= 0.3 is 0 Å². The van der Waals surface area contributed by atoms with Crippen molar-refractivity contribution in [3.05, 3.63) is 23.9 Å². The first-order chi connectivity index (χ1) is 7.78. The van der Waals surface area contributed by atoms with Crippen molar-refractivity contribution in [1.29, 1.82) is 0 Å². The molecule has 1 aliphatic carbocycles. The summed E-state index contributed by atoms with van der Waals surface area (Å²) in [6.07, 6.45) is 2.38. The fourth-order valence-electron chi connectivity index (χ4n) is 1.31. The zero-order valence-electron chi connectivity index (χ0n) is 9.31. The lowest BCUT2D eigenvalue weighted by molar-refractivity contribution is 0.396. The Kier molecular flexibility index (Phi) is 3.24. The first-order valence-corrected chi connectivity index (χ1v) is 5.34. The van der Waals surface area contributed by atoms with Gasteiger partial charge in [0.05, 0.1) is 19.3 Å². The molecule has 0 radical (unpaired) electrons. The Bertz CT molecular complexity index is 387. The number of ether oxygens (including phenoxy) is 1. The molecular formula is C11H16N4O. The highest BCUT2D eigenvalue weighted by molar-refractivity contribution is 5.78. The summed E-state index contributed by atoms with van der Waals surface area (Å²) in [5.74, 6) is 1.09. The molecule has 0 spiro atoms. The Balaban J connectivity index is 1.91. The van der Waals surface area contributed by atoms with E-state index >= 15 is 0 Å². The summed E-state index contributed by atoms with van der Waals surface area (Å²) in [5.41, 5.74) is 6.56. The van der Waals surface area contributed by atoms with Crippen molar-refractivity contribution in [2.24, 2.45) is 10.7 Å². The number of pyridine rings is 1. The minimum Gasteiger partial charge on any atom is -0.481 e. The molecule has 1 aromatic rings. The smallest absolute Gasteiger partial charge is 0.213 e. The molecular weight excluding hydrogens is 204 g/mol. The lowest BCUT2D eigenvalue weighted by atomic mass is 10.3. The third kappa shape index (κ3) is 3.12. The molecule has 0 aliphatic heterocycles. The quantitative estimate of drug-likeness (QED) is 0.577. The maximum Gasteiger partial charge on any atom is 0.213 e. The van der Waals surface area contributed by atoms with E-state index in [1.165, 1.54) is 12.8 Å². The highest BCUT2D eigenvalue weighted by atomic mass is 16.5. The molecule has 0 unspecified atom stereocenters. The van der Waals surface area contributed by atoms with Crippen molar-refractivity contribution in [2.45, 2.75) is 25.4 Å². The third-order valence-corrected chi connectivity index (χ3v) is 2.33. The molecule has 0 bridgehead atoms. The highest BCUT2D eigenvalue weighted by Crippen LogP contribution is 2.18. The highest BCUT2D eigenvalue weighted by Gasteiger charge is 2.21. The molecule has 1 fully saturated rings. The standard InChI is InChI=1S/C11H16N4O/c1-16-10-4-2-3-9(14-10)7-13-11(12)15-8-5-6-8/h2-4,8H,5-7H2,1H3,(H3,12,13,15). The van der Waals surface area contributed by atoms with Crippen LogP contribution in [0.25, 0.3) is 0 Å². The molecule has 0 aromatic carbocycles. The number of methoxy groups -OCH3 is 1. The van der Waals surface area contributed by atoms with Crippen LogP contribution < -0.4 is 15.8 Å². The zero-order chi connectivity index (χ0) is 11.4. The molecule has 5 heteroatoms. The normalized spacial score (nSPS) is 15.9. The maximum absolute atomic E-state index is 5.71. The van der Waals surface area contributed by atoms with Crippen molar-refractivity contribution in [3.63, 3.8) is 0 Å². The number of aromatic nitrogens is 1. The van der Waals surface area contributed by atoms with E-state index in [0.717, 1.165) is 5.69 Å². The molecule has 1 heterocycles. The van der Waals surface area contributed by atoms with Crippen LogP contribution in [0.1, 0.15) is 18.5 Å². The van der Waals surface area contributed by atoms with Crippen LogP contribution in [-0.2, 0) is 6.54 Å². The average Bonchev–Trinajstić information content (AvgIpc) is 3.10. The van der Waals surface area contributed by atoms with E-state index in [-0.39, 0.29) is 0 Å². The Morgan fingerprint density at radius 2 is 2.44 bits per heavy atom. The minimum absolute atomic E-state index is 0.475. The van der Waals surface area contributed by atoms with E-state index in [9.17, 15) is 0 Å². The van der Waals surface area contributed by atoms with Gasteiger partial charge in [0, 0.05) is 12.1 Å². The molecule has 86 valence electrons. The van der Waals surface area contributed by atoms with E-state index in [0.29, 0.717) is 24.4 Å². The summed E-state index contributed by atoms with van der Waals surface area (Å²) < 4.78 is 5.03. The number of nitrogens with one attached hydrogen (secondary N) is 1. The number of nitrogens with zero attached hydrogens (tertiary/aromatic N) is 2. The van der Waals surface area contributed by atoms with Crippen molar-refractivity contribution in [2.75, 3.05) is 7.11 Å². The molecule has 3 N–H and O–H groups in total. The SMILES string of the molecule is COc1cccc(CN=C(N)NC2CC2)n1. The molecule has 1 aliphatic rings. The fourth-order valence-corrected chi connectivity index (χ4v) is 1.31. The summed E-state index contributed by atoms with van der Waals surface area (Å²) in [4.78, 5) is 8.46. The summed E-state index contributed by atoms with van der Waals surface area (Å²) >= 11 is 0. The molecule has 0 amide bonds. The first kappa shape index (κ1) is 10.7. The van der Waals surface area contributed by atoms with Gasteiger partial charge in [0.1, 0.15) is 0 Å². The van der Waals surface area contributed by atoms with Gasteiger partial charge in [0.2, 0.25) is 5.88 Å². The van der Waals surface area contributed by atoms with Gasteiger partial charge in [-0.15, -0.1) is 0 Å². The molecule has 0 saturated heterocycles. The fraction of sp³-hybridized carbons (Fsp3) is 0.455. The second kappa shape index (κ2) is 4.83. The Hall–Kier alpha value is -1.78. The van der Waals surface area contributed by atoms with Crippen LogP contribution in [0.15, 0.2) is 23.2 Å². The summed E-state index contributed by atoms with van der Waals surface area (Å²) in [5, 5.41) is 3.12. The van der Waals surface area contributed by atoms with Crippen molar-refractivity contribution >= 4 is 5.96 Å². The molecule has 16 heavy (non-hydrogen) atoms. The van der Waals surface area contributed by atoms with Crippen molar-refractivity contribution in [1.82, 2.24) is 10.3 Å². The second-order valence-electron chi connectivity index (χ2n) is 3.79. The molecule has 1 saturated carbocycles. The predicted octanol–water partition coefficient (Wildman–Crippen LogP) is 0.657. The van der Waals surface area contributed by atoms with Gasteiger partial charge in [0.15, 0.2) is 5.96 Å². The first-order valence-electron chi connectivity index (χ1n) is 5.34. The van der Waals surface area contributed by atoms with Gasteiger partial charge in [-0.3, -0.25) is 0 Å². The van der Waals surface area contributed by atoms with Crippen molar-refractivity contribution < 1.29 is 4.74 Å². The van der Waals surface area contributed by atoms with E-state index in [2.05, 4.69) is 15.3 Å². The average molecular weight is 220 g/mol. The van der Waals surface area contributed by atoms with Crippen LogP contribution in [0.5, 0.6) is 5.88 Å². The maximum atomic E-state index is 5.71. The summed E-state index contributed by atoms with van der Waals surface area (Å²) in [7, 11) is 1.60. The van der Waals surface area contributed by atoms with E-state index < -0.39 is 0 Å². The predicted molar refractivity (Wildman–Crippen MR) is 62.3 cm³/mol.